The van der Waals surface area contributed by atoms with E-state index in [0.29, 0.717) is 59.8 Å². The Labute approximate surface area is 251 Å². The van der Waals surface area contributed by atoms with Crippen molar-refractivity contribution in [3.05, 3.63) is 49.2 Å². The van der Waals surface area contributed by atoms with Crippen molar-refractivity contribution in [1.82, 2.24) is 33.9 Å². The van der Waals surface area contributed by atoms with Gasteiger partial charge in [0.05, 0.1) is 40.9 Å². The van der Waals surface area contributed by atoms with Crippen LogP contribution in [0.15, 0.2) is 49.2 Å². The van der Waals surface area contributed by atoms with Crippen LogP contribution in [-0.4, -0.2) is 70.5 Å². The van der Waals surface area contributed by atoms with E-state index < -0.39 is 33.5 Å². The number of alkyl halides is 3. The van der Waals surface area contributed by atoms with Gasteiger partial charge in [0.1, 0.15) is 11.6 Å². The highest BCUT2D eigenvalue weighted by Crippen LogP contribution is 2.35. The Hall–Kier alpha value is -4.05. The third-order valence-electron chi connectivity index (χ3n) is 7.80. The van der Waals surface area contributed by atoms with Crippen LogP contribution in [0.2, 0.25) is 0 Å². The zero-order chi connectivity index (χ0) is 31.1. The Kier molecular flexibility index (Phi) is 7.82. The minimum Gasteiger partial charge on any atom is -0.390 e. The van der Waals surface area contributed by atoms with Gasteiger partial charge in [0.2, 0.25) is 0 Å². The molecule has 0 aromatic carbocycles. The number of aromatic nitrogens is 7. The molecular weight excluding hydrogens is 599 g/mol. The molecule has 0 unspecified atom stereocenters. The SMILES string of the molecule is CC1(O)CCC(Nc2cc(Nc3ccnc(-c4cnn(S(=O)(=O)C5CC5)c4)n3)ncc2-c2ccn(CCC(F)(F)F)n2)CC1. The molecule has 6 rings (SSSR count). The van der Waals surface area contributed by atoms with Crippen LogP contribution >= 0.6 is 0 Å². The zero-order valence-corrected chi connectivity index (χ0v) is 24.7. The maximum atomic E-state index is 12.8. The van der Waals surface area contributed by atoms with Gasteiger partial charge in [-0.3, -0.25) is 4.68 Å². The summed E-state index contributed by atoms with van der Waals surface area (Å²) >= 11 is 0. The molecule has 16 heteroatoms. The number of halogens is 3. The molecule has 4 aromatic rings. The predicted molar refractivity (Wildman–Crippen MR) is 157 cm³/mol. The summed E-state index contributed by atoms with van der Waals surface area (Å²) in [4.78, 5) is 13.3. The highest BCUT2D eigenvalue weighted by atomic mass is 32.2. The van der Waals surface area contributed by atoms with Gasteiger partial charge in [0.25, 0.3) is 10.0 Å². The summed E-state index contributed by atoms with van der Waals surface area (Å²) < 4.78 is 65.5. The smallest absolute Gasteiger partial charge is 0.390 e. The van der Waals surface area contributed by atoms with Crippen LogP contribution in [0.4, 0.5) is 30.5 Å². The lowest BCUT2D eigenvalue weighted by atomic mass is 9.83. The first-order valence-corrected chi connectivity index (χ1v) is 15.8. The van der Waals surface area contributed by atoms with Gasteiger partial charge in [0, 0.05) is 48.5 Å². The van der Waals surface area contributed by atoms with E-state index in [2.05, 4.69) is 35.8 Å². The van der Waals surface area contributed by atoms with Gasteiger partial charge in [-0.05, 0) is 57.6 Å². The van der Waals surface area contributed by atoms with Crippen LogP contribution < -0.4 is 10.6 Å². The number of nitrogens with zero attached hydrogens (tertiary/aromatic N) is 7. The van der Waals surface area contributed by atoms with Gasteiger partial charge in [-0.15, -0.1) is 0 Å². The molecule has 12 nitrogen and oxygen atoms in total. The number of pyridine rings is 1. The van der Waals surface area contributed by atoms with Gasteiger partial charge in [-0.1, -0.05) is 0 Å². The number of hydrogen-bond donors (Lipinski definition) is 3. The van der Waals surface area contributed by atoms with E-state index in [9.17, 15) is 26.7 Å². The topological polar surface area (TPSA) is 153 Å². The summed E-state index contributed by atoms with van der Waals surface area (Å²) in [5.74, 6) is 1.12. The third-order valence-corrected chi connectivity index (χ3v) is 9.84. The molecule has 44 heavy (non-hydrogen) atoms. The van der Waals surface area contributed by atoms with Gasteiger partial charge in [-0.2, -0.15) is 27.5 Å². The molecule has 2 saturated carbocycles. The van der Waals surface area contributed by atoms with E-state index in [1.807, 2.05) is 6.92 Å². The average molecular weight is 632 g/mol. The first-order valence-electron chi connectivity index (χ1n) is 14.3. The highest BCUT2D eigenvalue weighted by molar-refractivity contribution is 7.90. The fourth-order valence-electron chi connectivity index (χ4n) is 5.10. The first kappa shape index (κ1) is 30.0. The molecule has 4 aromatic heterocycles. The molecule has 234 valence electrons. The summed E-state index contributed by atoms with van der Waals surface area (Å²) in [6, 6.07) is 5.13. The molecule has 2 aliphatic carbocycles. The molecule has 4 heterocycles. The molecule has 0 spiro atoms. The molecule has 3 N–H and O–H groups in total. The fourth-order valence-corrected chi connectivity index (χ4v) is 6.58. The van der Waals surface area contributed by atoms with Gasteiger partial charge < -0.3 is 15.7 Å². The summed E-state index contributed by atoms with van der Waals surface area (Å²) in [5, 5.41) is 25.0. The standard InChI is InChI=1S/C28H32F3N9O3S/c1-27(41)8-4-19(5-9-27)35-23-14-25(33-16-21(23)22-7-12-39(38-22)13-10-28(29,30)31)36-24-6-11-32-26(37-24)18-15-34-40(17-18)44(42,43)20-2-3-20/h6-7,11-12,14-17,19-20,41H,2-5,8-10,13H2,1H3,(H2,32,33,35,36,37). The number of anilines is 3. The number of hydrogen-bond acceptors (Lipinski definition) is 10. The fraction of sp³-hybridized carbons (Fsp3) is 0.464. The Balaban J connectivity index is 1.24. The van der Waals surface area contributed by atoms with Crippen molar-refractivity contribution in [2.75, 3.05) is 10.6 Å². The molecule has 0 saturated heterocycles. The zero-order valence-electron chi connectivity index (χ0n) is 23.9. The second kappa shape index (κ2) is 11.5. The molecular formula is C28H32F3N9O3S. The molecule has 0 amide bonds. The van der Waals surface area contributed by atoms with Crippen LogP contribution in [-0.2, 0) is 16.6 Å². The lowest BCUT2D eigenvalue weighted by Gasteiger charge is -2.34. The molecule has 0 radical (unpaired) electrons. The van der Waals surface area contributed by atoms with E-state index in [4.69, 9.17) is 0 Å². The number of aryl methyl sites for hydroxylation is 1. The summed E-state index contributed by atoms with van der Waals surface area (Å²) in [6.07, 6.45) is 6.14. The summed E-state index contributed by atoms with van der Waals surface area (Å²) in [5.41, 5.74) is 1.49. The Morgan fingerprint density at radius 2 is 1.86 bits per heavy atom. The van der Waals surface area contributed by atoms with E-state index >= 15 is 0 Å². The molecule has 0 atom stereocenters. The monoisotopic (exact) mass is 631 g/mol. The normalized spacial score (nSPS) is 20.9. The minimum atomic E-state index is -4.29. The van der Waals surface area contributed by atoms with E-state index in [1.54, 1.807) is 24.4 Å². The van der Waals surface area contributed by atoms with Crippen LogP contribution in [0, 0.1) is 0 Å². The number of nitrogens with one attached hydrogen (secondary N) is 2. The van der Waals surface area contributed by atoms with Crippen LogP contribution in [0.5, 0.6) is 0 Å². The van der Waals surface area contributed by atoms with E-state index in [0.717, 1.165) is 16.9 Å². The predicted octanol–water partition coefficient (Wildman–Crippen LogP) is 4.74. The van der Waals surface area contributed by atoms with Crippen LogP contribution in [0.25, 0.3) is 22.6 Å². The second-order valence-electron chi connectivity index (χ2n) is 11.6. The number of aliphatic hydroxyl groups is 1. The molecule has 2 aliphatic rings. The lowest BCUT2D eigenvalue weighted by Crippen LogP contribution is -2.35. The maximum Gasteiger partial charge on any atom is 0.390 e. The average Bonchev–Trinajstić information content (AvgIpc) is 3.53. The van der Waals surface area contributed by atoms with Crippen LogP contribution in [0.1, 0.15) is 51.9 Å². The van der Waals surface area contributed by atoms with Crippen LogP contribution in [0.3, 0.4) is 0 Å². The van der Waals surface area contributed by atoms with Crippen molar-refractivity contribution in [2.45, 2.75) is 81.5 Å². The minimum absolute atomic E-state index is 0.0608. The largest absolute Gasteiger partial charge is 0.390 e. The van der Waals surface area contributed by atoms with Gasteiger partial charge in [0.15, 0.2) is 5.82 Å². The Morgan fingerprint density at radius 3 is 2.59 bits per heavy atom. The van der Waals surface area contributed by atoms with Crippen molar-refractivity contribution < 1.29 is 26.7 Å². The van der Waals surface area contributed by atoms with E-state index in [1.165, 1.54) is 29.5 Å². The van der Waals surface area contributed by atoms with Gasteiger partial charge in [-0.25, -0.2) is 23.4 Å². The molecule has 2 fully saturated rings. The quantitative estimate of drug-likeness (QED) is 0.224. The molecule has 0 bridgehead atoms. The van der Waals surface area contributed by atoms with E-state index in [-0.39, 0.29) is 18.4 Å². The Bertz CT molecular complexity index is 1740. The van der Waals surface area contributed by atoms with Gasteiger partial charge >= 0.3 is 6.18 Å². The summed E-state index contributed by atoms with van der Waals surface area (Å²) in [7, 11) is -3.52. The summed E-state index contributed by atoms with van der Waals surface area (Å²) in [6.45, 7) is 1.53. The third kappa shape index (κ3) is 7.01. The Morgan fingerprint density at radius 1 is 1.09 bits per heavy atom. The lowest BCUT2D eigenvalue weighted by molar-refractivity contribution is -0.137. The maximum absolute atomic E-state index is 12.8. The highest BCUT2D eigenvalue weighted by Gasteiger charge is 2.38. The van der Waals surface area contributed by atoms with Crippen molar-refractivity contribution >= 4 is 27.3 Å². The van der Waals surface area contributed by atoms with Crippen molar-refractivity contribution in [1.29, 1.82) is 0 Å². The first-order chi connectivity index (χ1) is 20.8. The van der Waals surface area contributed by atoms with Crippen molar-refractivity contribution in [2.24, 2.45) is 0 Å². The molecule has 0 aliphatic heterocycles. The van der Waals surface area contributed by atoms with Crippen molar-refractivity contribution in [3.8, 4) is 22.6 Å². The second-order valence-corrected chi connectivity index (χ2v) is 13.7. The van der Waals surface area contributed by atoms with Crippen molar-refractivity contribution in [3.63, 3.8) is 0 Å². The number of rotatable bonds is 10.